The van der Waals surface area contributed by atoms with E-state index in [1.807, 2.05) is 4.90 Å². The SMILES string of the molecule is Cc1nc2cc(N3CCOC(c4noc(C5CC5)n4)C3)nc(-c3ccc(Cl)cc3F)c2c(=O)n1C. The van der Waals surface area contributed by atoms with Crippen LogP contribution in [0.5, 0.6) is 0 Å². The average molecular weight is 497 g/mol. The molecule has 1 atom stereocenters. The summed E-state index contributed by atoms with van der Waals surface area (Å²) >= 11 is 5.97. The minimum atomic E-state index is -0.565. The highest BCUT2D eigenvalue weighted by Gasteiger charge is 2.33. The van der Waals surface area contributed by atoms with Crippen LogP contribution in [0.25, 0.3) is 22.2 Å². The summed E-state index contributed by atoms with van der Waals surface area (Å²) in [7, 11) is 1.63. The Morgan fingerprint density at radius 3 is 2.77 bits per heavy atom. The van der Waals surface area contributed by atoms with Gasteiger partial charge in [0.1, 0.15) is 23.6 Å². The molecule has 3 aromatic heterocycles. The molecule has 2 aliphatic rings. The third kappa shape index (κ3) is 3.96. The first-order valence-corrected chi connectivity index (χ1v) is 11.8. The number of hydrogen-bond acceptors (Lipinski definition) is 8. The minimum absolute atomic E-state index is 0.182. The Balaban J connectivity index is 1.45. The standard InChI is InChI=1S/C24H22ClFN6O3/c1-12-27-17-10-19(32-7-8-34-18(11-32)22-29-23(35-30-22)13-3-4-13)28-21(20(17)24(33)31(12)2)15-6-5-14(25)9-16(15)26/h5-6,9-10,13,18H,3-4,7-8,11H2,1-2H3. The molecule has 0 radical (unpaired) electrons. The predicted molar refractivity (Wildman–Crippen MR) is 127 cm³/mol. The first-order valence-electron chi connectivity index (χ1n) is 11.4. The maximum Gasteiger partial charge on any atom is 0.263 e. The number of rotatable bonds is 4. The summed E-state index contributed by atoms with van der Waals surface area (Å²) in [6.45, 7) is 3.15. The number of benzene rings is 1. The van der Waals surface area contributed by atoms with Crippen molar-refractivity contribution in [2.45, 2.75) is 31.8 Å². The monoisotopic (exact) mass is 496 g/mol. The van der Waals surface area contributed by atoms with Gasteiger partial charge in [-0.05, 0) is 38.0 Å². The minimum Gasteiger partial charge on any atom is -0.366 e. The number of nitrogens with zero attached hydrogens (tertiary/aromatic N) is 6. The number of ether oxygens (including phenoxy) is 1. The number of morpholine rings is 1. The average Bonchev–Trinajstić information content (AvgIpc) is 3.58. The molecular weight excluding hydrogens is 475 g/mol. The van der Waals surface area contributed by atoms with Crippen molar-refractivity contribution >= 4 is 28.3 Å². The van der Waals surface area contributed by atoms with Crippen LogP contribution < -0.4 is 10.5 Å². The van der Waals surface area contributed by atoms with Crippen molar-refractivity contribution in [3.63, 3.8) is 0 Å². The van der Waals surface area contributed by atoms with Gasteiger partial charge in [0, 0.05) is 36.2 Å². The number of halogens is 2. The van der Waals surface area contributed by atoms with Crippen LogP contribution in [-0.4, -0.2) is 44.4 Å². The lowest BCUT2D eigenvalue weighted by Gasteiger charge is -2.32. The molecule has 1 unspecified atom stereocenters. The van der Waals surface area contributed by atoms with Crippen molar-refractivity contribution in [1.82, 2.24) is 24.7 Å². The maximum absolute atomic E-state index is 15.0. The Bertz CT molecular complexity index is 1520. The fourth-order valence-corrected chi connectivity index (χ4v) is 4.47. The Labute approximate surface area is 204 Å². The molecule has 0 amide bonds. The van der Waals surface area contributed by atoms with Gasteiger partial charge in [-0.25, -0.2) is 14.4 Å². The molecule has 2 fully saturated rings. The van der Waals surface area contributed by atoms with E-state index in [9.17, 15) is 9.18 Å². The predicted octanol–water partition coefficient (Wildman–Crippen LogP) is 3.93. The van der Waals surface area contributed by atoms with Gasteiger partial charge in [-0.3, -0.25) is 9.36 Å². The fraction of sp³-hybridized carbons (Fsp3) is 0.375. The highest BCUT2D eigenvalue weighted by molar-refractivity contribution is 6.30. The van der Waals surface area contributed by atoms with E-state index in [4.69, 9.17) is 25.8 Å². The molecule has 6 rings (SSSR count). The van der Waals surface area contributed by atoms with Gasteiger partial charge in [0.2, 0.25) is 11.7 Å². The third-order valence-corrected chi connectivity index (χ3v) is 6.76. The van der Waals surface area contributed by atoms with Crippen molar-refractivity contribution in [2.75, 3.05) is 24.6 Å². The number of aromatic nitrogens is 5. The molecule has 1 aliphatic heterocycles. The second kappa shape index (κ2) is 8.39. The molecule has 1 saturated heterocycles. The smallest absolute Gasteiger partial charge is 0.263 e. The van der Waals surface area contributed by atoms with Crippen LogP contribution in [0.3, 0.4) is 0 Å². The number of pyridine rings is 1. The summed E-state index contributed by atoms with van der Waals surface area (Å²) in [5, 5.41) is 4.63. The zero-order chi connectivity index (χ0) is 24.3. The Morgan fingerprint density at radius 1 is 1.17 bits per heavy atom. The highest BCUT2D eigenvalue weighted by atomic mass is 35.5. The summed E-state index contributed by atoms with van der Waals surface area (Å²) in [6, 6.07) is 6.07. The summed E-state index contributed by atoms with van der Waals surface area (Å²) in [5.74, 6) is 2.05. The van der Waals surface area contributed by atoms with Crippen LogP contribution in [0.15, 0.2) is 33.6 Å². The van der Waals surface area contributed by atoms with Crippen LogP contribution in [-0.2, 0) is 11.8 Å². The van der Waals surface area contributed by atoms with Crippen molar-refractivity contribution < 1.29 is 13.7 Å². The van der Waals surface area contributed by atoms with Gasteiger partial charge < -0.3 is 14.2 Å². The van der Waals surface area contributed by atoms with E-state index in [-0.39, 0.29) is 27.2 Å². The summed E-state index contributed by atoms with van der Waals surface area (Å²) in [6.07, 6.45) is 1.73. The van der Waals surface area contributed by atoms with Crippen molar-refractivity contribution in [1.29, 1.82) is 0 Å². The van der Waals surface area contributed by atoms with E-state index >= 15 is 0 Å². The van der Waals surface area contributed by atoms with E-state index < -0.39 is 11.9 Å². The van der Waals surface area contributed by atoms with Gasteiger partial charge in [0.05, 0.1) is 29.7 Å². The third-order valence-electron chi connectivity index (χ3n) is 6.52. The lowest BCUT2D eigenvalue weighted by atomic mass is 10.1. The van der Waals surface area contributed by atoms with Crippen molar-refractivity contribution in [3.8, 4) is 11.3 Å². The first kappa shape index (κ1) is 22.1. The van der Waals surface area contributed by atoms with Crippen LogP contribution in [0.2, 0.25) is 5.02 Å². The van der Waals surface area contributed by atoms with E-state index in [1.165, 1.54) is 16.7 Å². The molecule has 4 aromatic rings. The lowest BCUT2D eigenvalue weighted by molar-refractivity contribution is 0.0324. The molecule has 1 aliphatic carbocycles. The molecule has 0 bridgehead atoms. The van der Waals surface area contributed by atoms with Gasteiger partial charge in [0.15, 0.2) is 0 Å². The van der Waals surface area contributed by atoms with E-state index in [0.717, 1.165) is 12.8 Å². The number of anilines is 1. The fourth-order valence-electron chi connectivity index (χ4n) is 4.31. The molecule has 1 aromatic carbocycles. The first-order chi connectivity index (χ1) is 16.9. The largest absolute Gasteiger partial charge is 0.366 e. The molecule has 35 heavy (non-hydrogen) atoms. The molecule has 11 heteroatoms. The van der Waals surface area contributed by atoms with Crippen LogP contribution in [0.1, 0.15) is 42.4 Å². The topological polar surface area (TPSA) is 99.2 Å². The van der Waals surface area contributed by atoms with Crippen molar-refractivity contribution in [3.05, 3.63) is 63.0 Å². The molecule has 0 spiro atoms. The zero-order valence-corrected chi connectivity index (χ0v) is 19.9. The second-order valence-corrected chi connectivity index (χ2v) is 9.38. The molecule has 1 saturated carbocycles. The number of aryl methyl sites for hydroxylation is 1. The number of fused-ring (bicyclic) bond motifs is 1. The second-order valence-electron chi connectivity index (χ2n) is 8.94. The van der Waals surface area contributed by atoms with E-state index in [1.54, 1.807) is 26.1 Å². The van der Waals surface area contributed by atoms with Crippen LogP contribution in [0, 0.1) is 12.7 Å². The van der Waals surface area contributed by atoms with Gasteiger partial charge in [-0.2, -0.15) is 4.98 Å². The highest BCUT2D eigenvalue weighted by Crippen LogP contribution is 2.39. The summed E-state index contributed by atoms with van der Waals surface area (Å²) < 4.78 is 27.7. The Hall–Kier alpha value is -3.37. The maximum atomic E-state index is 15.0. The quantitative estimate of drug-likeness (QED) is 0.419. The Morgan fingerprint density at radius 2 is 2.00 bits per heavy atom. The lowest BCUT2D eigenvalue weighted by Crippen LogP contribution is -2.39. The van der Waals surface area contributed by atoms with Crippen LogP contribution in [0.4, 0.5) is 10.2 Å². The van der Waals surface area contributed by atoms with Gasteiger partial charge >= 0.3 is 0 Å². The molecule has 9 nitrogen and oxygen atoms in total. The van der Waals surface area contributed by atoms with E-state index in [0.29, 0.717) is 54.5 Å². The van der Waals surface area contributed by atoms with E-state index in [2.05, 4.69) is 15.1 Å². The summed E-state index contributed by atoms with van der Waals surface area (Å²) in [5.41, 5.74) is 0.549. The molecule has 180 valence electrons. The summed E-state index contributed by atoms with van der Waals surface area (Å²) in [4.78, 5) is 29.1. The van der Waals surface area contributed by atoms with Gasteiger partial charge in [-0.15, -0.1) is 0 Å². The van der Waals surface area contributed by atoms with Crippen molar-refractivity contribution in [2.24, 2.45) is 7.05 Å². The normalized spacial score (nSPS) is 18.4. The Kier molecular flexibility index (Phi) is 5.30. The zero-order valence-electron chi connectivity index (χ0n) is 19.2. The molecule has 4 heterocycles. The van der Waals surface area contributed by atoms with Gasteiger partial charge in [-0.1, -0.05) is 16.8 Å². The number of hydrogen-bond donors (Lipinski definition) is 0. The molecule has 0 N–H and O–H groups in total. The van der Waals surface area contributed by atoms with Gasteiger partial charge in [0.25, 0.3) is 5.56 Å². The molecular formula is C24H22ClFN6O3. The van der Waals surface area contributed by atoms with Crippen LogP contribution >= 0.6 is 11.6 Å².